The van der Waals surface area contributed by atoms with Crippen molar-refractivity contribution < 1.29 is 57.2 Å². The van der Waals surface area contributed by atoms with E-state index in [1.807, 2.05) is 0 Å². The number of halogens is 3. The molecule has 1 aromatic carbocycles. The zero-order valence-corrected chi connectivity index (χ0v) is 12.8. The first-order valence-electron chi connectivity index (χ1n) is 4.00. The third-order valence-electron chi connectivity index (χ3n) is 1.81. The smallest absolute Gasteiger partial charge is 0.416 e. The second kappa shape index (κ2) is 5.91. The molecule has 0 saturated heterocycles. The standard InChI is InChI=1S/C10H9F3N.Ac/c1-2-9(14)7-3-5-8(6-4-7)10(11,12)13;/h2-6,14H,1H3;/q-1;/b9-2-;. The number of hydrogen-bond acceptors (Lipinski definition) is 0. The number of nitrogens with one attached hydrogen (secondary N) is 1. The number of rotatable bonds is 1. The Morgan fingerprint density at radius 3 is 2.00 bits per heavy atom. The van der Waals surface area contributed by atoms with Gasteiger partial charge in [0.15, 0.2) is 0 Å². The molecule has 0 bridgehead atoms. The van der Waals surface area contributed by atoms with Crippen LogP contribution in [-0.2, 0) is 6.18 Å². The van der Waals surface area contributed by atoms with E-state index < -0.39 is 11.7 Å². The van der Waals surface area contributed by atoms with Crippen molar-refractivity contribution in [2.45, 2.75) is 13.1 Å². The zero-order chi connectivity index (χ0) is 10.8. The van der Waals surface area contributed by atoms with E-state index in [-0.39, 0.29) is 49.8 Å². The van der Waals surface area contributed by atoms with Crippen molar-refractivity contribution in [3.05, 3.63) is 47.2 Å². The van der Waals surface area contributed by atoms with Gasteiger partial charge in [-0.05, 0) is 24.6 Å². The Morgan fingerprint density at radius 1 is 1.20 bits per heavy atom. The fraction of sp³-hybridized carbons (Fsp3) is 0.200. The van der Waals surface area contributed by atoms with E-state index in [4.69, 9.17) is 5.73 Å². The van der Waals surface area contributed by atoms with E-state index in [1.54, 1.807) is 6.92 Å². The quantitative estimate of drug-likeness (QED) is 0.644. The predicted octanol–water partition coefficient (Wildman–Crippen LogP) is 4.12. The second-order valence-electron chi connectivity index (χ2n) is 2.78. The van der Waals surface area contributed by atoms with Gasteiger partial charge in [0.2, 0.25) is 0 Å². The molecular formula is C10H9AcF3N-. The van der Waals surface area contributed by atoms with Crippen LogP contribution < -0.4 is 0 Å². The Balaban J connectivity index is 0.00000196. The van der Waals surface area contributed by atoms with Gasteiger partial charge in [0.05, 0.1) is 5.56 Å². The maximum atomic E-state index is 12.1. The van der Waals surface area contributed by atoms with Crippen LogP contribution in [-0.4, -0.2) is 0 Å². The van der Waals surface area contributed by atoms with Crippen molar-refractivity contribution in [2.75, 3.05) is 0 Å². The molecular weight excluding hydrogens is 418 g/mol. The SMILES string of the molecule is C/C=C(\[NH-])c1ccc(C(F)(F)F)cc1.[Ac]. The summed E-state index contributed by atoms with van der Waals surface area (Å²) in [5.74, 6) is 0. The summed E-state index contributed by atoms with van der Waals surface area (Å²) in [4.78, 5) is 0. The monoisotopic (exact) mass is 427 g/mol. The van der Waals surface area contributed by atoms with Gasteiger partial charge in [-0.3, -0.25) is 0 Å². The molecule has 1 nitrogen and oxygen atoms in total. The molecule has 0 amide bonds. The number of hydrogen-bond donors (Lipinski definition) is 0. The molecule has 0 aliphatic rings. The van der Waals surface area contributed by atoms with Crippen LogP contribution in [0.5, 0.6) is 0 Å². The van der Waals surface area contributed by atoms with Gasteiger partial charge in [-0.2, -0.15) is 13.2 Å². The van der Waals surface area contributed by atoms with Crippen molar-refractivity contribution in [3.63, 3.8) is 0 Å². The molecule has 0 aliphatic heterocycles. The fourth-order valence-corrected chi connectivity index (χ4v) is 1.01. The molecule has 1 rings (SSSR count). The molecule has 1 radical (unpaired) electrons. The van der Waals surface area contributed by atoms with Gasteiger partial charge >= 0.3 is 6.18 Å². The molecule has 0 aliphatic carbocycles. The minimum atomic E-state index is -4.31. The molecule has 1 N–H and O–H groups in total. The van der Waals surface area contributed by atoms with E-state index in [2.05, 4.69) is 0 Å². The molecule has 0 spiro atoms. The molecule has 0 aromatic heterocycles. The summed E-state index contributed by atoms with van der Waals surface area (Å²) in [5, 5.41) is 0. The van der Waals surface area contributed by atoms with Gasteiger partial charge in [0, 0.05) is 44.1 Å². The molecule has 0 unspecified atom stereocenters. The molecule has 0 heterocycles. The molecule has 0 saturated carbocycles. The summed E-state index contributed by atoms with van der Waals surface area (Å²) in [6, 6.07) is 4.55. The number of benzene rings is 1. The average Bonchev–Trinajstić information content (AvgIpc) is 2.15. The summed E-state index contributed by atoms with van der Waals surface area (Å²) in [5.41, 5.74) is 7.39. The largest absolute Gasteiger partial charge is 0.699 e. The van der Waals surface area contributed by atoms with E-state index in [0.29, 0.717) is 5.56 Å². The van der Waals surface area contributed by atoms with Gasteiger partial charge < -0.3 is 5.73 Å². The Morgan fingerprint density at radius 2 is 1.67 bits per heavy atom. The van der Waals surface area contributed by atoms with E-state index in [1.165, 1.54) is 18.2 Å². The Kier molecular flexibility index (Phi) is 5.91. The first-order valence-corrected chi connectivity index (χ1v) is 4.00. The molecule has 15 heavy (non-hydrogen) atoms. The predicted molar refractivity (Wildman–Crippen MR) is 49.4 cm³/mol. The van der Waals surface area contributed by atoms with E-state index in [0.717, 1.165) is 12.1 Å². The van der Waals surface area contributed by atoms with E-state index >= 15 is 0 Å². The van der Waals surface area contributed by atoms with Gasteiger partial charge in [0.25, 0.3) is 0 Å². The average molecular weight is 427 g/mol. The molecule has 1 aromatic rings. The summed E-state index contributed by atoms with van der Waals surface area (Å²) in [6.07, 6.45) is -2.78. The summed E-state index contributed by atoms with van der Waals surface area (Å²) >= 11 is 0. The third kappa shape index (κ3) is 4.16. The van der Waals surface area contributed by atoms with Crippen molar-refractivity contribution >= 4 is 5.70 Å². The molecule has 0 fully saturated rings. The van der Waals surface area contributed by atoms with Gasteiger partial charge in [-0.25, -0.2) is 0 Å². The van der Waals surface area contributed by atoms with Crippen molar-refractivity contribution in [3.8, 4) is 0 Å². The summed E-state index contributed by atoms with van der Waals surface area (Å²) in [7, 11) is 0. The first-order chi connectivity index (χ1) is 6.45. The van der Waals surface area contributed by atoms with Crippen LogP contribution in [0.3, 0.4) is 0 Å². The number of allylic oxidation sites excluding steroid dienone is 1. The topological polar surface area (TPSA) is 23.8 Å². The summed E-state index contributed by atoms with van der Waals surface area (Å²) in [6.45, 7) is 1.67. The van der Waals surface area contributed by atoms with Crippen LogP contribution in [0, 0.1) is 44.1 Å². The van der Waals surface area contributed by atoms with Crippen LogP contribution in [0.25, 0.3) is 11.4 Å². The Labute approximate surface area is 122 Å². The van der Waals surface area contributed by atoms with Crippen molar-refractivity contribution in [1.82, 2.24) is 0 Å². The third-order valence-corrected chi connectivity index (χ3v) is 1.81. The van der Waals surface area contributed by atoms with Crippen LogP contribution in [0.15, 0.2) is 30.3 Å². The van der Waals surface area contributed by atoms with Crippen LogP contribution >= 0.6 is 0 Å². The molecule has 79 valence electrons. The van der Waals surface area contributed by atoms with Gasteiger partial charge in [-0.15, -0.1) is 11.8 Å². The summed E-state index contributed by atoms with van der Waals surface area (Å²) < 4.78 is 36.4. The minimum Gasteiger partial charge on any atom is -0.699 e. The van der Waals surface area contributed by atoms with Crippen LogP contribution in [0.2, 0.25) is 0 Å². The maximum Gasteiger partial charge on any atom is 0.416 e. The number of alkyl halides is 3. The van der Waals surface area contributed by atoms with Crippen LogP contribution in [0.1, 0.15) is 18.1 Å². The van der Waals surface area contributed by atoms with Crippen molar-refractivity contribution in [1.29, 1.82) is 0 Å². The zero-order valence-electron chi connectivity index (χ0n) is 8.10. The Bertz CT molecular complexity index is 341. The van der Waals surface area contributed by atoms with Crippen LogP contribution in [0.4, 0.5) is 13.2 Å². The van der Waals surface area contributed by atoms with Crippen molar-refractivity contribution in [2.24, 2.45) is 0 Å². The minimum absolute atomic E-state index is 0. The van der Waals surface area contributed by atoms with Gasteiger partial charge in [-0.1, -0.05) is 12.1 Å². The normalized spacial score (nSPS) is 12.1. The molecule has 5 heteroatoms. The maximum absolute atomic E-state index is 12.1. The Hall–Kier alpha value is -0.00844. The second-order valence-corrected chi connectivity index (χ2v) is 2.78. The fourth-order valence-electron chi connectivity index (χ4n) is 1.01. The van der Waals surface area contributed by atoms with E-state index in [9.17, 15) is 13.2 Å². The molecule has 0 atom stereocenters. The van der Waals surface area contributed by atoms with Gasteiger partial charge in [0.1, 0.15) is 0 Å². The first kappa shape index (κ1) is 15.0.